The van der Waals surface area contributed by atoms with Crippen LogP contribution >= 0.6 is 0 Å². The lowest BCUT2D eigenvalue weighted by Crippen LogP contribution is -2.41. The second-order valence-corrected chi connectivity index (χ2v) is 3.92. The maximum absolute atomic E-state index is 11.8. The molecule has 1 aliphatic heterocycles. The average Bonchev–Trinajstić information content (AvgIpc) is 2.77. The maximum atomic E-state index is 11.8. The number of aliphatic hydroxyl groups excluding tert-OH is 1. The van der Waals surface area contributed by atoms with E-state index in [4.69, 9.17) is 5.11 Å². The predicted molar refractivity (Wildman–Crippen MR) is 58.9 cm³/mol. The lowest BCUT2D eigenvalue weighted by molar-refractivity contribution is 0.0921. The van der Waals surface area contributed by atoms with Crippen LogP contribution in [0.3, 0.4) is 0 Å². The molecule has 0 bridgehead atoms. The second kappa shape index (κ2) is 5.05. The summed E-state index contributed by atoms with van der Waals surface area (Å²) in [5.41, 5.74) is 0.596. The van der Waals surface area contributed by atoms with Crippen LogP contribution in [-0.4, -0.2) is 41.7 Å². The molecule has 5 nitrogen and oxygen atoms in total. The van der Waals surface area contributed by atoms with E-state index in [1.165, 1.54) is 0 Å². The van der Waals surface area contributed by atoms with Crippen molar-refractivity contribution in [2.75, 3.05) is 19.7 Å². The fraction of sp³-hybridized carbons (Fsp3) is 0.455. The molecule has 1 aliphatic rings. The third-order valence-corrected chi connectivity index (χ3v) is 2.83. The Morgan fingerprint density at radius 1 is 1.50 bits per heavy atom. The van der Waals surface area contributed by atoms with Gasteiger partial charge in [-0.15, -0.1) is 0 Å². The van der Waals surface area contributed by atoms with Crippen LogP contribution in [0.4, 0.5) is 0 Å². The van der Waals surface area contributed by atoms with Gasteiger partial charge in [0, 0.05) is 49.6 Å². The minimum Gasteiger partial charge on any atom is -0.396 e. The molecule has 2 atom stereocenters. The molecule has 0 unspecified atom stereocenters. The molecule has 1 amide bonds. The summed E-state index contributed by atoms with van der Waals surface area (Å²) in [4.78, 5) is 15.7. The lowest BCUT2D eigenvalue weighted by atomic mass is 10.0. The number of hydrogen-bond donors (Lipinski definition) is 3. The molecular formula is C11H15N3O2. The molecule has 1 aromatic rings. The Labute approximate surface area is 93.9 Å². The Kier molecular flexibility index (Phi) is 3.48. The monoisotopic (exact) mass is 221 g/mol. The molecule has 5 heteroatoms. The summed E-state index contributed by atoms with van der Waals surface area (Å²) in [5.74, 6) is -0.0136. The fourth-order valence-corrected chi connectivity index (χ4v) is 1.85. The number of hydrogen-bond acceptors (Lipinski definition) is 4. The molecule has 0 aliphatic carbocycles. The third kappa shape index (κ3) is 2.37. The summed E-state index contributed by atoms with van der Waals surface area (Å²) in [5, 5.41) is 15.2. The van der Waals surface area contributed by atoms with Gasteiger partial charge in [-0.1, -0.05) is 0 Å². The number of pyridine rings is 1. The van der Waals surface area contributed by atoms with Crippen molar-refractivity contribution in [3.05, 3.63) is 30.1 Å². The molecule has 2 rings (SSSR count). The van der Waals surface area contributed by atoms with E-state index < -0.39 is 0 Å². The van der Waals surface area contributed by atoms with E-state index in [9.17, 15) is 4.79 Å². The standard InChI is InChI=1S/C11H15N3O2/c15-7-9-5-13-6-10(9)14-11(16)8-1-3-12-4-2-8/h1-4,9-10,13,15H,5-7H2,(H,14,16)/t9-,10+/m0/s1. The molecule has 2 heterocycles. The quantitative estimate of drug-likeness (QED) is 0.636. The van der Waals surface area contributed by atoms with E-state index >= 15 is 0 Å². The molecular weight excluding hydrogens is 206 g/mol. The zero-order valence-corrected chi connectivity index (χ0v) is 8.89. The van der Waals surface area contributed by atoms with E-state index in [0.717, 1.165) is 6.54 Å². The van der Waals surface area contributed by atoms with Gasteiger partial charge in [-0.25, -0.2) is 0 Å². The van der Waals surface area contributed by atoms with Crippen LogP contribution in [0.1, 0.15) is 10.4 Å². The first kappa shape index (κ1) is 11.0. The smallest absolute Gasteiger partial charge is 0.251 e. The highest BCUT2D eigenvalue weighted by molar-refractivity contribution is 5.94. The number of amides is 1. The van der Waals surface area contributed by atoms with Gasteiger partial charge < -0.3 is 15.7 Å². The summed E-state index contributed by atoms with van der Waals surface area (Å²) >= 11 is 0. The number of aromatic nitrogens is 1. The third-order valence-electron chi connectivity index (χ3n) is 2.83. The van der Waals surface area contributed by atoms with Crippen molar-refractivity contribution in [2.45, 2.75) is 6.04 Å². The predicted octanol–water partition coefficient (Wildman–Crippen LogP) is -0.608. The molecule has 16 heavy (non-hydrogen) atoms. The SMILES string of the molecule is O=C(N[C@@H]1CNC[C@H]1CO)c1ccncc1. The molecule has 1 aromatic heterocycles. The van der Waals surface area contributed by atoms with Gasteiger partial charge in [-0.2, -0.15) is 0 Å². The first-order valence-corrected chi connectivity index (χ1v) is 5.33. The maximum Gasteiger partial charge on any atom is 0.251 e. The lowest BCUT2D eigenvalue weighted by Gasteiger charge is -2.17. The van der Waals surface area contributed by atoms with Gasteiger partial charge in [-0.3, -0.25) is 9.78 Å². The molecule has 3 N–H and O–H groups in total. The van der Waals surface area contributed by atoms with Crippen molar-refractivity contribution in [3.63, 3.8) is 0 Å². The Hall–Kier alpha value is -1.46. The molecule has 0 spiro atoms. The van der Waals surface area contributed by atoms with Crippen molar-refractivity contribution >= 4 is 5.91 Å². The van der Waals surface area contributed by atoms with E-state index in [0.29, 0.717) is 12.1 Å². The topological polar surface area (TPSA) is 74.2 Å². The zero-order valence-electron chi connectivity index (χ0n) is 8.89. The van der Waals surface area contributed by atoms with Crippen molar-refractivity contribution in [1.82, 2.24) is 15.6 Å². The zero-order chi connectivity index (χ0) is 11.4. The fourth-order valence-electron chi connectivity index (χ4n) is 1.85. The van der Waals surface area contributed by atoms with Gasteiger partial charge in [0.1, 0.15) is 0 Å². The summed E-state index contributed by atoms with van der Waals surface area (Å²) in [6, 6.07) is 3.35. The molecule has 0 radical (unpaired) electrons. The van der Waals surface area contributed by atoms with Crippen LogP contribution in [0.25, 0.3) is 0 Å². The van der Waals surface area contributed by atoms with E-state index in [1.54, 1.807) is 24.5 Å². The van der Waals surface area contributed by atoms with Crippen molar-refractivity contribution in [2.24, 2.45) is 5.92 Å². The van der Waals surface area contributed by atoms with Gasteiger partial charge in [0.2, 0.25) is 0 Å². The van der Waals surface area contributed by atoms with E-state index in [-0.39, 0.29) is 24.5 Å². The number of nitrogens with one attached hydrogen (secondary N) is 2. The van der Waals surface area contributed by atoms with Crippen LogP contribution in [0, 0.1) is 5.92 Å². The first-order valence-electron chi connectivity index (χ1n) is 5.33. The Balaban J connectivity index is 1.97. The summed E-state index contributed by atoms with van der Waals surface area (Å²) < 4.78 is 0. The molecule has 1 saturated heterocycles. The number of nitrogens with zero attached hydrogens (tertiary/aromatic N) is 1. The number of carbonyl (C=O) groups excluding carboxylic acids is 1. The minimum absolute atomic E-state index is 0.00525. The van der Waals surface area contributed by atoms with Gasteiger partial charge in [0.15, 0.2) is 0 Å². The Bertz CT molecular complexity index is 356. The highest BCUT2D eigenvalue weighted by Crippen LogP contribution is 2.09. The van der Waals surface area contributed by atoms with Crippen LogP contribution < -0.4 is 10.6 Å². The van der Waals surface area contributed by atoms with Crippen LogP contribution in [-0.2, 0) is 0 Å². The summed E-state index contributed by atoms with van der Waals surface area (Å²) in [6.07, 6.45) is 3.18. The largest absolute Gasteiger partial charge is 0.396 e. The van der Waals surface area contributed by atoms with Crippen molar-refractivity contribution in [1.29, 1.82) is 0 Å². The molecule has 0 saturated carbocycles. The summed E-state index contributed by atoms with van der Waals surface area (Å²) in [6.45, 7) is 1.55. The summed E-state index contributed by atoms with van der Waals surface area (Å²) in [7, 11) is 0. The number of carbonyl (C=O) groups is 1. The van der Waals surface area contributed by atoms with Gasteiger partial charge in [0.05, 0.1) is 0 Å². The van der Waals surface area contributed by atoms with Gasteiger partial charge in [-0.05, 0) is 12.1 Å². The van der Waals surface area contributed by atoms with Crippen LogP contribution in [0.5, 0.6) is 0 Å². The molecule has 86 valence electrons. The Morgan fingerprint density at radius 2 is 2.25 bits per heavy atom. The number of rotatable bonds is 3. The first-order chi connectivity index (χ1) is 7.81. The van der Waals surface area contributed by atoms with E-state index in [2.05, 4.69) is 15.6 Å². The van der Waals surface area contributed by atoms with Gasteiger partial charge in [0.25, 0.3) is 5.91 Å². The molecule has 1 fully saturated rings. The van der Waals surface area contributed by atoms with Crippen LogP contribution in [0.2, 0.25) is 0 Å². The van der Waals surface area contributed by atoms with Crippen molar-refractivity contribution in [3.8, 4) is 0 Å². The normalized spacial score (nSPS) is 24.3. The number of aliphatic hydroxyl groups is 1. The highest BCUT2D eigenvalue weighted by Gasteiger charge is 2.27. The van der Waals surface area contributed by atoms with Crippen LogP contribution in [0.15, 0.2) is 24.5 Å². The minimum atomic E-state index is -0.116. The highest BCUT2D eigenvalue weighted by atomic mass is 16.3. The average molecular weight is 221 g/mol. The van der Waals surface area contributed by atoms with Crippen molar-refractivity contribution < 1.29 is 9.90 Å². The van der Waals surface area contributed by atoms with Gasteiger partial charge >= 0.3 is 0 Å². The van der Waals surface area contributed by atoms with E-state index in [1.807, 2.05) is 0 Å². The Morgan fingerprint density at radius 3 is 2.94 bits per heavy atom. The molecule has 0 aromatic carbocycles. The second-order valence-electron chi connectivity index (χ2n) is 3.92.